The number of nitrogens with zero attached hydrogens (tertiary/aromatic N) is 2. The van der Waals surface area contributed by atoms with E-state index in [1.807, 2.05) is 0 Å². The van der Waals surface area contributed by atoms with Gasteiger partial charge in [-0.05, 0) is 11.8 Å². The molecule has 0 aromatic carbocycles. The molecule has 0 heterocycles. The SMILES string of the molecule is CC(C)CC(CC(C)C)=[N+]=[N-]. The zero-order valence-corrected chi connectivity index (χ0v) is 7.96. The Bertz CT molecular complexity index is 141. The fraction of sp³-hybridized carbons (Fsp3) is 0.889. The van der Waals surface area contributed by atoms with Gasteiger partial charge in [0, 0.05) is 12.8 Å². The Balaban J connectivity index is 3.89. The second-order valence-corrected chi connectivity index (χ2v) is 3.86. The molecule has 0 saturated heterocycles. The van der Waals surface area contributed by atoms with E-state index in [0.717, 1.165) is 18.6 Å². The van der Waals surface area contributed by atoms with Crippen molar-refractivity contribution in [2.24, 2.45) is 11.8 Å². The van der Waals surface area contributed by atoms with E-state index in [-0.39, 0.29) is 0 Å². The highest BCUT2D eigenvalue weighted by atomic mass is 14.9. The molecule has 0 aliphatic carbocycles. The zero-order valence-electron chi connectivity index (χ0n) is 7.96. The molecule has 0 aromatic rings. The molecule has 0 aliphatic rings. The highest BCUT2D eigenvalue weighted by Gasteiger charge is 2.12. The maximum absolute atomic E-state index is 8.61. The minimum Gasteiger partial charge on any atom is -0.362 e. The van der Waals surface area contributed by atoms with Crippen LogP contribution in [0.2, 0.25) is 0 Å². The Labute approximate surface area is 69.2 Å². The van der Waals surface area contributed by atoms with E-state index < -0.39 is 0 Å². The van der Waals surface area contributed by atoms with E-state index in [9.17, 15) is 0 Å². The average Bonchev–Trinajstić information content (AvgIpc) is 1.84. The summed E-state index contributed by atoms with van der Waals surface area (Å²) in [5.41, 5.74) is 9.54. The van der Waals surface area contributed by atoms with Crippen molar-refractivity contribution in [2.75, 3.05) is 0 Å². The summed E-state index contributed by atoms with van der Waals surface area (Å²) in [6.07, 6.45) is 1.82. The lowest BCUT2D eigenvalue weighted by Gasteiger charge is -2.02. The van der Waals surface area contributed by atoms with Gasteiger partial charge >= 0.3 is 0 Å². The summed E-state index contributed by atoms with van der Waals surface area (Å²) in [7, 11) is 0. The second kappa shape index (κ2) is 5.09. The molecule has 0 aromatic heterocycles. The van der Waals surface area contributed by atoms with E-state index in [0.29, 0.717) is 11.8 Å². The van der Waals surface area contributed by atoms with Crippen molar-refractivity contribution < 1.29 is 4.79 Å². The van der Waals surface area contributed by atoms with Crippen molar-refractivity contribution in [1.82, 2.24) is 0 Å². The third-order valence-corrected chi connectivity index (χ3v) is 1.43. The van der Waals surface area contributed by atoms with Gasteiger partial charge in [-0.15, -0.1) is 0 Å². The summed E-state index contributed by atoms with van der Waals surface area (Å²) in [6.45, 7) is 8.52. The lowest BCUT2D eigenvalue weighted by Crippen LogP contribution is -2.07. The second-order valence-electron chi connectivity index (χ2n) is 3.86. The molecule has 0 aliphatic heterocycles. The zero-order chi connectivity index (χ0) is 8.85. The standard InChI is InChI=1S/C9H18N2/c1-7(2)5-9(11-10)6-8(3)4/h7-8H,5-6H2,1-4H3. The molecule has 0 amide bonds. The Morgan fingerprint density at radius 1 is 1.09 bits per heavy atom. The van der Waals surface area contributed by atoms with Crippen molar-refractivity contribution in [2.45, 2.75) is 40.5 Å². The van der Waals surface area contributed by atoms with Crippen LogP contribution in [-0.4, -0.2) is 10.5 Å². The van der Waals surface area contributed by atoms with Crippen LogP contribution in [0.25, 0.3) is 5.53 Å². The van der Waals surface area contributed by atoms with Crippen molar-refractivity contribution in [3.63, 3.8) is 0 Å². The molecule has 0 rings (SSSR count). The minimum atomic E-state index is 0.583. The van der Waals surface area contributed by atoms with Gasteiger partial charge in [0.2, 0.25) is 0 Å². The van der Waals surface area contributed by atoms with Crippen LogP contribution < -0.4 is 0 Å². The highest BCUT2D eigenvalue weighted by molar-refractivity contribution is 5.79. The van der Waals surface area contributed by atoms with Crippen LogP contribution in [0.4, 0.5) is 0 Å². The first kappa shape index (κ1) is 10.4. The van der Waals surface area contributed by atoms with Crippen LogP contribution in [0.1, 0.15) is 40.5 Å². The number of hydrogen-bond acceptors (Lipinski definition) is 0. The van der Waals surface area contributed by atoms with Gasteiger partial charge in [0.25, 0.3) is 5.71 Å². The summed E-state index contributed by atoms with van der Waals surface area (Å²) >= 11 is 0. The Morgan fingerprint density at radius 2 is 1.45 bits per heavy atom. The molecule has 2 heteroatoms. The molecule has 11 heavy (non-hydrogen) atoms. The molecule has 64 valence electrons. The van der Waals surface area contributed by atoms with Gasteiger partial charge in [0.1, 0.15) is 0 Å². The fourth-order valence-electron chi connectivity index (χ4n) is 1.11. The summed E-state index contributed by atoms with van der Waals surface area (Å²) < 4.78 is 0. The maximum atomic E-state index is 8.61. The van der Waals surface area contributed by atoms with Crippen molar-refractivity contribution in [3.8, 4) is 0 Å². The minimum absolute atomic E-state index is 0.583. The van der Waals surface area contributed by atoms with E-state index in [2.05, 4.69) is 32.5 Å². The van der Waals surface area contributed by atoms with Gasteiger partial charge in [-0.1, -0.05) is 27.7 Å². The molecule has 0 atom stereocenters. The molecular formula is C9H18N2. The first-order valence-electron chi connectivity index (χ1n) is 4.26. The largest absolute Gasteiger partial charge is 0.362 e. The molecule has 0 N–H and O–H groups in total. The fourth-order valence-corrected chi connectivity index (χ4v) is 1.11. The van der Waals surface area contributed by atoms with Gasteiger partial charge in [0.15, 0.2) is 0 Å². The third kappa shape index (κ3) is 5.81. The smallest absolute Gasteiger partial charge is 0.269 e. The van der Waals surface area contributed by atoms with Crippen LogP contribution in [0.5, 0.6) is 0 Å². The summed E-state index contributed by atoms with van der Waals surface area (Å²) in [4.78, 5) is 3.28. The molecular weight excluding hydrogens is 136 g/mol. The van der Waals surface area contributed by atoms with Crippen molar-refractivity contribution >= 4 is 5.71 Å². The Hall–Kier alpha value is -0.620. The maximum Gasteiger partial charge on any atom is 0.269 e. The number of rotatable bonds is 4. The first-order valence-corrected chi connectivity index (χ1v) is 4.26. The van der Waals surface area contributed by atoms with Gasteiger partial charge in [0.05, 0.1) is 0 Å². The molecule has 0 spiro atoms. The highest BCUT2D eigenvalue weighted by Crippen LogP contribution is 2.07. The lowest BCUT2D eigenvalue weighted by molar-refractivity contribution is -0.0133. The summed E-state index contributed by atoms with van der Waals surface area (Å²) in [5, 5.41) is 0. The van der Waals surface area contributed by atoms with Gasteiger partial charge in [-0.3, -0.25) is 0 Å². The van der Waals surface area contributed by atoms with E-state index in [1.54, 1.807) is 0 Å². The van der Waals surface area contributed by atoms with Gasteiger partial charge in [-0.2, -0.15) is 4.79 Å². The van der Waals surface area contributed by atoms with E-state index in [1.165, 1.54) is 0 Å². The average molecular weight is 154 g/mol. The van der Waals surface area contributed by atoms with Crippen molar-refractivity contribution in [1.29, 1.82) is 0 Å². The van der Waals surface area contributed by atoms with Crippen LogP contribution in [0, 0.1) is 11.8 Å². The van der Waals surface area contributed by atoms with Crippen LogP contribution >= 0.6 is 0 Å². The topological polar surface area (TPSA) is 36.4 Å². The van der Waals surface area contributed by atoms with Crippen LogP contribution in [-0.2, 0) is 0 Å². The lowest BCUT2D eigenvalue weighted by atomic mass is 9.99. The quantitative estimate of drug-likeness (QED) is 0.339. The monoisotopic (exact) mass is 154 g/mol. The molecule has 0 fully saturated rings. The van der Waals surface area contributed by atoms with Gasteiger partial charge in [-0.25, -0.2) is 0 Å². The van der Waals surface area contributed by atoms with E-state index >= 15 is 0 Å². The summed E-state index contributed by atoms with van der Waals surface area (Å²) in [5.74, 6) is 1.17. The molecule has 0 unspecified atom stereocenters. The predicted octanol–water partition coefficient (Wildman–Crippen LogP) is 2.75. The van der Waals surface area contributed by atoms with Gasteiger partial charge < -0.3 is 5.53 Å². The normalized spacial score (nSPS) is 10.4. The third-order valence-electron chi connectivity index (χ3n) is 1.43. The first-order chi connectivity index (χ1) is 5.06. The van der Waals surface area contributed by atoms with Crippen LogP contribution in [0.3, 0.4) is 0 Å². The number of hydrogen-bond donors (Lipinski definition) is 0. The molecule has 0 saturated carbocycles. The molecule has 0 bridgehead atoms. The summed E-state index contributed by atoms with van der Waals surface area (Å²) in [6, 6.07) is 0. The predicted molar refractivity (Wildman–Crippen MR) is 47.5 cm³/mol. The molecule has 0 radical (unpaired) electrons. The Morgan fingerprint density at radius 3 is 1.64 bits per heavy atom. The van der Waals surface area contributed by atoms with E-state index in [4.69, 9.17) is 5.53 Å². The molecule has 2 nitrogen and oxygen atoms in total. The Kier molecular flexibility index (Phi) is 4.80. The van der Waals surface area contributed by atoms with Crippen LogP contribution in [0.15, 0.2) is 0 Å². The van der Waals surface area contributed by atoms with Crippen molar-refractivity contribution in [3.05, 3.63) is 5.53 Å².